The molecule has 0 radical (unpaired) electrons. The summed E-state index contributed by atoms with van der Waals surface area (Å²) in [7, 11) is 0. The first kappa shape index (κ1) is 24.3. The second kappa shape index (κ2) is 9.96. The summed E-state index contributed by atoms with van der Waals surface area (Å²) >= 11 is 12.3. The smallest absolute Gasteiger partial charge is 0.380 e. The number of furan rings is 1. The van der Waals surface area contributed by atoms with E-state index >= 15 is 8.78 Å². The number of hydrogen-bond donors (Lipinski definition) is 1. The molecule has 2 aromatic carbocycles. The van der Waals surface area contributed by atoms with Gasteiger partial charge < -0.3 is 19.4 Å². The fourth-order valence-corrected chi connectivity index (χ4v) is 4.84. The minimum atomic E-state index is -3.84. The number of likely N-dealkylation sites (tertiary alicyclic amines) is 1. The van der Waals surface area contributed by atoms with E-state index in [0.29, 0.717) is 34.1 Å². The quantitative estimate of drug-likeness (QED) is 0.363. The van der Waals surface area contributed by atoms with Crippen LogP contribution in [0.25, 0.3) is 11.0 Å². The van der Waals surface area contributed by atoms with E-state index in [9.17, 15) is 4.79 Å². The minimum absolute atomic E-state index is 0.219. The molecule has 0 bridgehead atoms. The number of ether oxygens (including phenoxy) is 1. The highest BCUT2D eigenvalue weighted by Gasteiger charge is 2.45. The topological polar surface area (TPSA) is 54.7 Å². The molecule has 1 saturated carbocycles. The molecule has 1 unspecified atom stereocenters. The molecule has 35 heavy (non-hydrogen) atoms. The molecule has 3 aromatic rings. The number of benzene rings is 2. The lowest BCUT2D eigenvalue weighted by Crippen LogP contribution is -2.49. The molecule has 186 valence electrons. The van der Waals surface area contributed by atoms with E-state index in [1.54, 1.807) is 18.2 Å². The molecule has 1 aromatic heterocycles. The van der Waals surface area contributed by atoms with Crippen LogP contribution in [0.1, 0.15) is 37.0 Å². The highest BCUT2D eigenvalue weighted by atomic mass is 35.5. The Morgan fingerprint density at radius 3 is 2.63 bits per heavy atom. The molecule has 0 spiro atoms. The lowest BCUT2D eigenvalue weighted by molar-refractivity contribution is -0.150. The fraction of sp³-hybridized carbons (Fsp3) is 0.423. The van der Waals surface area contributed by atoms with Gasteiger partial charge in [0.1, 0.15) is 11.3 Å². The van der Waals surface area contributed by atoms with E-state index in [1.807, 2.05) is 6.07 Å². The number of fused-ring (bicyclic) bond motifs is 1. The van der Waals surface area contributed by atoms with Crippen molar-refractivity contribution in [3.63, 3.8) is 0 Å². The van der Waals surface area contributed by atoms with E-state index < -0.39 is 23.6 Å². The Labute approximate surface area is 212 Å². The third kappa shape index (κ3) is 5.74. The van der Waals surface area contributed by atoms with Crippen LogP contribution in [0.4, 0.5) is 8.78 Å². The number of alkyl halides is 2. The highest BCUT2D eigenvalue weighted by Crippen LogP contribution is 2.35. The molecule has 1 amide bonds. The minimum Gasteiger partial charge on any atom is -0.489 e. The molecule has 1 saturated heterocycles. The van der Waals surface area contributed by atoms with Crippen LogP contribution >= 0.6 is 23.2 Å². The van der Waals surface area contributed by atoms with Gasteiger partial charge in [-0.2, -0.15) is 8.78 Å². The van der Waals surface area contributed by atoms with Crippen molar-refractivity contribution in [2.75, 3.05) is 19.6 Å². The van der Waals surface area contributed by atoms with Crippen LogP contribution in [0, 0.1) is 0 Å². The molecule has 1 aliphatic carbocycles. The Kier molecular flexibility index (Phi) is 6.93. The molecular weight excluding hydrogens is 497 g/mol. The van der Waals surface area contributed by atoms with Gasteiger partial charge in [-0.05, 0) is 87.2 Å². The third-order valence-corrected chi connectivity index (χ3v) is 6.91. The van der Waals surface area contributed by atoms with Gasteiger partial charge in [0.05, 0.1) is 11.1 Å². The number of halogens is 4. The Morgan fingerprint density at radius 2 is 1.91 bits per heavy atom. The molecule has 5 nitrogen and oxygen atoms in total. The van der Waals surface area contributed by atoms with Gasteiger partial charge in [0.25, 0.3) is 5.91 Å². The number of carbonyl (C=O) groups is 1. The third-order valence-electron chi connectivity index (χ3n) is 6.38. The van der Waals surface area contributed by atoms with Gasteiger partial charge in [0, 0.05) is 23.0 Å². The summed E-state index contributed by atoms with van der Waals surface area (Å²) in [5.41, 5.74) is 1.08. The number of nitrogens with one attached hydrogen (secondary N) is 1. The van der Waals surface area contributed by atoms with Crippen LogP contribution < -0.4 is 10.1 Å². The number of nitrogens with zero attached hydrogens (tertiary/aromatic N) is 1. The van der Waals surface area contributed by atoms with Gasteiger partial charge in [-0.15, -0.1) is 0 Å². The van der Waals surface area contributed by atoms with E-state index in [2.05, 4.69) is 10.2 Å². The standard InChI is InChI=1S/C26H26Cl2F2N2O3/c27-18-4-8-22-17(13-18)14-24(35-22)26(29,30)25(33)31-19(15-32-9-1-2-10-32)11-16-3-7-23(21(28)12-16)34-20-5-6-20/h3-4,7-8,12-14,19-20H,1-2,5-6,9-11,15H2,(H,31,33). The van der Waals surface area contributed by atoms with E-state index in [4.69, 9.17) is 32.4 Å². The van der Waals surface area contributed by atoms with Crippen molar-refractivity contribution < 1.29 is 22.7 Å². The summed E-state index contributed by atoms with van der Waals surface area (Å²) in [5, 5.41) is 3.86. The Balaban J connectivity index is 1.33. The molecule has 1 atom stereocenters. The van der Waals surface area contributed by atoms with Crippen molar-refractivity contribution in [2.45, 2.75) is 50.2 Å². The lowest BCUT2D eigenvalue weighted by Gasteiger charge is -2.26. The Hall–Kier alpha value is -2.35. The number of rotatable bonds is 9. The molecule has 1 N–H and O–H groups in total. The predicted octanol–water partition coefficient (Wildman–Crippen LogP) is 6.20. The molecule has 2 aliphatic rings. The van der Waals surface area contributed by atoms with E-state index in [1.165, 1.54) is 12.1 Å². The van der Waals surface area contributed by atoms with Gasteiger partial charge in [0.2, 0.25) is 0 Å². The fourth-order valence-electron chi connectivity index (χ4n) is 4.41. The summed E-state index contributed by atoms with van der Waals surface area (Å²) in [6, 6.07) is 10.7. The Morgan fingerprint density at radius 1 is 1.14 bits per heavy atom. The van der Waals surface area contributed by atoms with Crippen molar-refractivity contribution >= 4 is 40.1 Å². The zero-order chi connectivity index (χ0) is 24.6. The molecule has 1 aliphatic heterocycles. The van der Waals surface area contributed by atoms with E-state index in [0.717, 1.165) is 50.4 Å². The number of amides is 1. The zero-order valence-corrected chi connectivity index (χ0v) is 20.5. The normalized spacial score (nSPS) is 17.6. The molecule has 2 fully saturated rings. The van der Waals surface area contributed by atoms with Crippen LogP contribution in [0.15, 0.2) is 46.9 Å². The van der Waals surface area contributed by atoms with Gasteiger partial charge >= 0.3 is 5.92 Å². The molecule has 5 rings (SSSR count). The van der Waals surface area contributed by atoms with Crippen LogP contribution in [0.2, 0.25) is 10.0 Å². The molecular formula is C26H26Cl2F2N2O3. The monoisotopic (exact) mass is 522 g/mol. The summed E-state index contributed by atoms with van der Waals surface area (Å²) < 4.78 is 41.4. The SMILES string of the molecule is O=C(NC(Cc1ccc(OC2CC2)c(Cl)c1)CN1CCCC1)C(F)(F)c1cc2cc(Cl)ccc2o1. The van der Waals surface area contributed by atoms with Crippen molar-refractivity contribution in [3.8, 4) is 5.75 Å². The average molecular weight is 523 g/mol. The van der Waals surface area contributed by atoms with Crippen molar-refractivity contribution in [1.29, 1.82) is 0 Å². The van der Waals surface area contributed by atoms with Gasteiger partial charge in [-0.3, -0.25) is 4.79 Å². The zero-order valence-electron chi connectivity index (χ0n) is 19.0. The maximum atomic E-state index is 15.2. The maximum Gasteiger partial charge on any atom is 0.380 e. The van der Waals surface area contributed by atoms with Crippen molar-refractivity contribution in [2.24, 2.45) is 0 Å². The summed E-state index contributed by atoms with van der Waals surface area (Å²) in [6.07, 6.45) is 4.73. The van der Waals surface area contributed by atoms with Crippen LogP contribution in [-0.4, -0.2) is 42.6 Å². The van der Waals surface area contributed by atoms with Crippen LogP contribution in [-0.2, 0) is 17.1 Å². The molecule has 2 heterocycles. The number of hydrogen-bond acceptors (Lipinski definition) is 4. The summed E-state index contributed by atoms with van der Waals surface area (Å²) in [4.78, 5) is 15.0. The van der Waals surface area contributed by atoms with Crippen molar-refractivity contribution in [1.82, 2.24) is 10.2 Å². The maximum absolute atomic E-state index is 15.2. The average Bonchev–Trinajstić information content (AvgIpc) is 3.28. The van der Waals surface area contributed by atoms with Crippen LogP contribution in [0.5, 0.6) is 5.75 Å². The first-order valence-electron chi connectivity index (χ1n) is 11.8. The first-order chi connectivity index (χ1) is 16.8. The van der Waals surface area contributed by atoms with E-state index in [-0.39, 0.29) is 11.7 Å². The van der Waals surface area contributed by atoms with Gasteiger partial charge in [0.15, 0.2) is 5.76 Å². The largest absolute Gasteiger partial charge is 0.489 e. The van der Waals surface area contributed by atoms with Gasteiger partial charge in [-0.25, -0.2) is 0 Å². The number of carbonyl (C=O) groups excluding carboxylic acids is 1. The lowest BCUT2D eigenvalue weighted by atomic mass is 10.0. The highest BCUT2D eigenvalue weighted by molar-refractivity contribution is 6.32. The summed E-state index contributed by atoms with van der Waals surface area (Å²) in [6.45, 7) is 2.22. The predicted molar refractivity (Wildman–Crippen MR) is 132 cm³/mol. The first-order valence-corrected chi connectivity index (χ1v) is 12.6. The van der Waals surface area contributed by atoms with Gasteiger partial charge in [-0.1, -0.05) is 29.3 Å². The Bertz CT molecular complexity index is 1220. The summed E-state index contributed by atoms with van der Waals surface area (Å²) in [5.74, 6) is -5.33. The second-order valence-corrected chi connectivity index (χ2v) is 10.2. The van der Waals surface area contributed by atoms with Crippen molar-refractivity contribution in [3.05, 3.63) is 63.8 Å². The molecule has 9 heteroatoms. The second-order valence-electron chi connectivity index (χ2n) is 9.33. The van der Waals surface area contributed by atoms with Crippen LogP contribution in [0.3, 0.4) is 0 Å².